The van der Waals surface area contributed by atoms with Crippen LogP contribution in [0.3, 0.4) is 0 Å². The molecule has 2 heterocycles. The highest BCUT2D eigenvalue weighted by Gasteiger charge is 2.41. The summed E-state index contributed by atoms with van der Waals surface area (Å²) in [6.07, 6.45) is 2.15. The molecular formula is C20H18N2O3. The van der Waals surface area contributed by atoms with Crippen molar-refractivity contribution >= 4 is 28.4 Å². The van der Waals surface area contributed by atoms with Crippen molar-refractivity contribution in [1.82, 2.24) is 4.57 Å². The molecule has 126 valence electrons. The zero-order valence-corrected chi connectivity index (χ0v) is 13.8. The Labute approximate surface area is 145 Å². The Hall–Kier alpha value is -3.08. The molecule has 2 amide bonds. The normalized spacial score (nSPS) is 17.6. The predicted molar refractivity (Wildman–Crippen MR) is 95.6 cm³/mol. The quantitative estimate of drug-likeness (QED) is 0.747. The van der Waals surface area contributed by atoms with Gasteiger partial charge in [-0.1, -0.05) is 18.2 Å². The second kappa shape index (κ2) is 5.77. The van der Waals surface area contributed by atoms with Gasteiger partial charge >= 0.3 is 0 Å². The molecule has 5 heteroatoms. The van der Waals surface area contributed by atoms with E-state index in [0.29, 0.717) is 5.69 Å². The van der Waals surface area contributed by atoms with Crippen molar-refractivity contribution in [2.75, 3.05) is 4.90 Å². The van der Waals surface area contributed by atoms with Crippen LogP contribution in [0.25, 0.3) is 10.9 Å². The number of para-hydroxylation sites is 1. The number of phenolic OH excluding ortho intramolecular Hbond substituents is 1. The summed E-state index contributed by atoms with van der Waals surface area (Å²) in [4.78, 5) is 26.7. The average molecular weight is 334 g/mol. The Kier molecular flexibility index (Phi) is 3.57. The molecule has 25 heavy (non-hydrogen) atoms. The molecule has 5 nitrogen and oxygen atoms in total. The fraction of sp³-hybridized carbons (Fsp3) is 0.200. The van der Waals surface area contributed by atoms with Crippen LogP contribution in [0.4, 0.5) is 5.69 Å². The molecule has 1 atom stereocenters. The van der Waals surface area contributed by atoms with Gasteiger partial charge in [0.25, 0.3) is 0 Å². The number of hydrogen-bond acceptors (Lipinski definition) is 3. The topological polar surface area (TPSA) is 62.5 Å². The number of aromatic hydroxyl groups is 1. The van der Waals surface area contributed by atoms with E-state index in [0.717, 1.165) is 23.0 Å². The number of carbonyl (C=O) groups excluding carboxylic acids is 2. The fourth-order valence-corrected chi connectivity index (χ4v) is 3.56. The van der Waals surface area contributed by atoms with Gasteiger partial charge in [0.05, 0.1) is 11.6 Å². The van der Waals surface area contributed by atoms with E-state index in [4.69, 9.17) is 0 Å². The van der Waals surface area contributed by atoms with Crippen LogP contribution in [0.2, 0.25) is 0 Å². The number of aryl methyl sites for hydroxylation is 1. The minimum absolute atomic E-state index is 0.102. The first-order valence-electron chi connectivity index (χ1n) is 8.33. The van der Waals surface area contributed by atoms with Crippen molar-refractivity contribution in [3.8, 4) is 5.75 Å². The third kappa shape index (κ3) is 2.39. The van der Waals surface area contributed by atoms with Gasteiger partial charge in [-0.25, -0.2) is 0 Å². The van der Waals surface area contributed by atoms with Crippen molar-refractivity contribution in [2.45, 2.75) is 25.8 Å². The van der Waals surface area contributed by atoms with E-state index in [1.54, 1.807) is 12.1 Å². The van der Waals surface area contributed by atoms with Crippen LogP contribution in [-0.2, 0) is 16.1 Å². The summed E-state index contributed by atoms with van der Waals surface area (Å²) >= 11 is 0. The predicted octanol–water partition coefficient (Wildman–Crippen LogP) is 3.41. The van der Waals surface area contributed by atoms with Crippen LogP contribution in [0.1, 0.15) is 24.8 Å². The van der Waals surface area contributed by atoms with Gasteiger partial charge in [0.15, 0.2) is 0 Å². The molecule has 1 aliphatic heterocycles. The molecule has 0 spiro atoms. The van der Waals surface area contributed by atoms with E-state index in [1.807, 2.05) is 30.5 Å². The molecule has 0 bridgehead atoms. The first-order valence-corrected chi connectivity index (χ1v) is 8.33. The van der Waals surface area contributed by atoms with E-state index in [9.17, 15) is 14.7 Å². The number of imide groups is 1. The number of phenols is 1. The first-order chi connectivity index (χ1) is 12.1. The lowest BCUT2D eigenvalue weighted by molar-refractivity contribution is -0.121. The van der Waals surface area contributed by atoms with Gasteiger partial charge in [0.1, 0.15) is 5.75 Å². The lowest BCUT2D eigenvalue weighted by Crippen LogP contribution is -2.29. The summed E-state index contributed by atoms with van der Waals surface area (Å²) < 4.78 is 2.10. The van der Waals surface area contributed by atoms with Crippen LogP contribution in [0.5, 0.6) is 5.75 Å². The molecule has 0 unspecified atom stereocenters. The molecule has 1 fully saturated rings. The molecule has 1 saturated heterocycles. The standard InChI is InChI=1S/C20H18N2O3/c1-2-21-12-17(15-5-3-4-6-18(15)21)16-11-19(24)22(20(16)25)13-7-9-14(23)10-8-13/h3-10,12,16,23H,2,11H2,1H3/t16-/m1/s1. The number of rotatable bonds is 3. The monoisotopic (exact) mass is 334 g/mol. The van der Waals surface area contributed by atoms with Crippen LogP contribution in [-0.4, -0.2) is 21.5 Å². The van der Waals surface area contributed by atoms with Gasteiger partial charge in [0, 0.05) is 30.1 Å². The van der Waals surface area contributed by atoms with Crippen molar-refractivity contribution in [3.05, 3.63) is 60.3 Å². The number of benzene rings is 2. The SMILES string of the molecule is CCn1cc([C@H]2CC(=O)N(c3ccc(O)cc3)C2=O)c2ccccc21. The van der Waals surface area contributed by atoms with Gasteiger partial charge in [-0.3, -0.25) is 14.5 Å². The van der Waals surface area contributed by atoms with Crippen molar-refractivity contribution in [3.63, 3.8) is 0 Å². The van der Waals surface area contributed by atoms with Gasteiger partial charge in [0.2, 0.25) is 11.8 Å². The highest BCUT2D eigenvalue weighted by atomic mass is 16.3. The zero-order chi connectivity index (χ0) is 17.6. The molecule has 1 aliphatic rings. The van der Waals surface area contributed by atoms with Crippen molar-refractivity contribution in [2.24, 2.45) is 0 Å². The lowest BCUT2D eigenvalue weighted by atomic mass is 9.97. The maximum Gasteiger partial charge on any atom is 0.241 e. The summed E-state index contributed by atoms with van der Waals surface area (Å²) in [6.45, 7) is 2.86. The molecule has 4 rings (SSSR count). The maximum atomic E-state index is 13.0. The van der Waals surface area contributed by atoms with E-state index < -0.39 is 5.92 Å². The highest BCUT2D eigenvalue weighted by Crippen LogP contribution is 2.37. The lowest BCUT2D eigenvalue weighted by Gasteiger charge is -2.15. The van der Waals surface area contributed by atoms with E-state index in [-0.39, 0.29) is 24.0 Å². The van der Waals surface area contributed by atoms with Gasteiger partial charge in [-0.15, -0.1) is 0 Å². The fourth-order valence-electron chi connectivity index (χ4n) is 3.56. The third-order valence-corrected chi connectivity index (χ3v) is 4.79. The summed E-state index contributed by atoms with van der Waals surface area (Å²) in [5, 5.41) is 10.4. The number of hydrogen-bond donors (Lipinski definition) is 1. The van der Waals surface area contributed by atoms with Crippen LogP contribution in [0.15, 0.2) is 54.7 Å². The maximum absolute atomic E-state index is 13.0. The van der Waals surface area contributed by atoms with Gasteiger partial charge in [-0.2, -0.15) is 0 Å². The summed E-state index contributed by atoms with van der Waals surface area (Å²) in [6, 6.07) is 14.1. The largest absolute Gasteiger partial charge is 0.508 e. The summed E-state index contributed by atoms with van der Waals surface area (Å²) in [7, 11) is 0. The Balaban J connectivity index is 1.77. The molecule has 0 radical (unpaired) electrons. The van der Waals surface area contributed by atoms with E-state index >= 15 is 0 Å². The van der Waals surface area contributed by atoms with Crippen molar-refractivity contribution in [1.29, 1.82) is 0 Å². The second-order valence-corrected chi connectivity index (χ2v) is 6.23. The number of aromatic nitrogens is 1. The van der Waals surface area contributed by atoms with Crippen LogP contribution in [0, 0.1) is 0 Å². The highest BCUT2D eigenvalue weighted by molar-refractivity contribution is 6.23. The average Bonchev–Trinajstić information content (AvgIpc) is 3.13. The number of nitrogens with zero attached hydrogens (tertiary/aromatic N) is 2. The molecule has 2 aromatic carbocycles. The number of amides is 2. The molecule has 1 aromatic heterocycles. The Morgan fingerprint density at radius 1 is 1.08 bits per heavy atom. The second-order valence-electron chi connectivity index (χ2n) is 6.23. The molecular weight excluding hydrogens is 316 g/mol. The molecule has 1 N–H and O–H groups in total. The molecule has 0 saturated carbocycles. The number of anilines is 1. The summed E-state index contributed by atoms with van der Waals surface area (Å²) in [5.74, 6) is -0.798. The minimum atomic E-state index is -0.473. The zero-order valence-electron chi connectivity index (χ0n) is 13.8. The smallest absolute Gasteiger partial charge is 0.241 e. The Morgan fingerprint density at radius 3 is 2.52 bits per heavy atom. The van der Waals surface area contributed by atoms with Crippen molar-refractivity contribution < 1.29 is 14.7 Å². The first kappa shape index (κ1) is 15.4. The van der Waals surface area contributed by atoms with Gasteiger partial charge in [-0.05, 0) is 42.8 Å². The Morgan fingerprint density at radius 2 is 1.80 bits per heavy atom. The molecule has 0 aliphatic carbocycles. The Bertz CT molecular complexity index is 972. The van der Waals surface area contributed by atoms with E-state index in [2.05, 4.69) is 11.5 Å². The number of fused-ring (bicyclic) bond motifs is 1. The van der Waals surface area contributed by atoms with Gasteiger partial charge < -0.3 is 9.67 Å². The minimum Gasteiger partial charge on any atom is -0.508 e. The van der Waals surface area contributed by atoms with E-state index in [1.165, 1.54) is 17.0 Å². The third-order valence-electron chi connectivity index (χ3n) is 4.79. The number of carbonyl (C=O) groups is 2. The molecule has 3 aromatic rings. The van der Waals surface area contributed by atoms with Crippen LogP contribution < -0.4 is 4.90 Å². The summed E-state index contributed by atoms with van der Waals surface area (Å²) in [5.41, 5.74) is 2.47. The van der Waals surface area contributed by atoms with Crippen LogP contribution >= 0.6 is 0 Å².